The van der Waals surface area contributed by atoms with E-state index < -0.39 is 0 Å². The zero-order chi connectivity index (χ0) is 13.0. The van der Waals surface area contributed by atoms with Gasteiger partial charge in [-0.2, -0.15) is 5.26 Å². The monoisotopic (exact) mass is 242 g/mol. The molecule has 0 amide bonds. The van der Waals surface area contributed by atoms with Crippen molar-refractivity contribution in [3.05, 3.63) is 53.7 Å². The Morgan fingerprint density at radius 3 is 2.78 bits per heavy atom. The number of rotatable bonds is 3. The molecule has 1 aromatic heterocycles. The molecule has 0 spiro atoms. The van der Waals surface area contributed by atoms with Gasteiger partial charge in [0.25, 0.3) is 0 Å². The van der Waals surface area contributed by atoms with E-state index in [1.807, 2.05) is 19.1 Å². The number of nitrogens with one attached hydrogen (secondary N) is 1. The third kappa shape index (κ3) is 2.80. The average Bonchev–Trinajstić information content (AvgIpc) is 2.39. The van der Waals surface area contributed by atoms with E-state index in [2.05, 4.69) is 15.3 Å². The predicted octanol–water partition coefficient (Wildman–Crippen LogP) is 2.66. The van der Waals surface area contributed by atoms with E-state index in [9.17, 15) is 4.39 Å². The van der Waals surface area contributed by atoms with Gasteiger partial charge < -0.3 is 5.32 Å². The van der Waals surface area contributed by atoms with E-state index >= 15 is 0 Å². The van der Waals surface area contributed by atoms with Crippen molar-refractivity contribution in [3.8, 4) is 6.07 Å². The third-order valence-electron chi connectivity index (χ3n) is 2.48. The van der Waals surface area contributed by atoms with Crippen LogP contribution in [0.3, 0.4) is 0 Å². The molecule has 1 N–H and O–H groups in total. The molecular weight excluding hydrogens is 231 g/mol. The van der Waals surface area contributed by atoms with Gasteiger partial charge in [-0.1, -0.05) is 12.1 Å². The highest BCUT2D eigenvalue weighted by molar-refractivity contribution is 5.37. The summed E-state index contributed by atoms with van der Waals surface area (Å²) in [5, 5.41) is 11.7. The summed E-state index contributed by atoms with van der Waals surface area (Å²) in [5.41, 5.74) is 1.08. The second-order valence-electron chi connectivity index (χ2n) is 3.82. The molecule has 5 heteroatoms. The molecule has 0 fully saturated rings. The van der Waals surface area contributed by atoms with Crippen LogP contribution in [0.2, 0.25) is 0 Å². The lowest BCUT2D eigenvalue weighted by Crippen LogP contribution is -2.08. The normalized spacial score (nSPS) is 11.6. The van der Waals surface area contributed by atoms with Gasteiger partial charge in [0.15, 0.2) is 5.69 Å². The maximum Gasteiger partial charge on any atom is 0.158 e. The van der Waals surface area contributed by atoms with E-state index in [0.717, 1.165) is 5.56 Å². The van der Waals surface area contributed by atoms with Gasteiger partial charge in [0.1, 0.15) is 17.7 Å². The number of nitrogens with zero attached hydrogens (tertiary/aromatic N) is 3. The summed E-state index contributed by atoms with van der Waals surface area (Å²) in [6.45, 7) is 1.90. The first-order chi connectivity index (χ1) is 8.69. The molecule has 0 radical (unpaired) electrons. The maximum atomic E-state index is 13.1. The first kappa shape index (κ1) is 12.0. The van der Waals surface area contributed by atoms with Gasteiger partial charge in [-0.05, 0) is 24.6 Å². The molecule has 1 unspecified atom stereocenters. The quantitative estimate of drug-likeness (QED) is 0.898. The number of anilines is 1. The van der Waals surface area contributed by atoms with Crippen LogP contribution in [0.4, 0.5) is 10.2 Å². The van der Waals surface area contributed by atoms with Crippen molar-refractivity contribution < 1.29 is 4.39 Å². The largest absolute Gasteiger partial charge is 0.362 e. The van der Waals surface area contributed by atoms with Gasteiger partial charge in [-0.25, -0.2) is 14.4 Å². The zero-order valence-electron chi connectivity index (χ0n) is 9.76. The minimum atomic E-state index is -0.271. The first-order valence-corrected chi connectivity index (χ1v) is 5.43. The summed E-state index contributed by atoms with van der Waals surface area (Å²) in [6.07, 6.45) is 2.87. The van der Waals surface area contributed by atoms with E-state index in [-0.39, 0.29) is 17.6 Å². The molecule has 1 aromatic carbocycles. The number of aromatic nitrogens is 2. The van der Waals surface area contributed by atoms with Crippen LogP contribution in [0.25, 0.3) is 0 Å². The number of benzene rings is 1. The minimum Gasteiger partial charge on any atom is -0.362 e. The van der Waals surface area contributed by atoms with E-state index in [0.29, 0.717) is 5.82 Å². The summed E-state index contributed by atoms with van der Waals surface area (Å²) >= 11 is 0. The smallest absolute Gasteiger partial charge is 0.158 e. The van der Waals surface area contributed by atoms with Crippen molar-refractivity contribution >= 4 is 5.82 Å². The Hall–Kier alpha value is -2.48. The lowest BCUT2D eigenvalue weighted by molar-refractivity contribution is 0.623. The molecular formula is C13H11FN4. The Labute approximate surface area is 104 Å². The Bertz CT molecular complexity index is 574. The van der Waals surface area contributed by atoms with E-state index in [1.165, 1.54) is 24.5 Å². The fraction of sp³-hybridized carbons (Fsp3) is 0.154. The van der Waals surface area contributed by atoms with Gasteiger partial charge in [-0.3, -0.25) is 0 Å². The Morgan fingerprint density at radius 2 is 2.17 bits per heavy atom. The van der Waals surface area contributed by atoms with Gasteiger partial charge in [0.2, 0.25) is 0 Å². The van der Waals surface area contributed by atoms with Crippen molar-refractivity contribution in [3.63, 3.8) is 0 Å². The van der Waals surface area contributed by atoms with E-state index in [4.69, 9.17) is 5.26 Å². The molecule has 18 heavy (non-hydrogen) atoms. The summed E-state index contributed by atoms with van der Waals surface area (Å²) in [6, 6.07) is 8.16. The second-order valence-corrected chi connectivity index (χ2v) is 3.82. The average molecular weight is 242 g/mol. The van der Waals surface area contributed by atoms with Crippen molar-refractivity contribution in [2.45, 2.75) is 13.0 Å². The minimum absolute atomic E-state index is 0.0945. The van der Waals surface area contributed by atoms with Gasteiger partial charge in [0, 0.05) is 0 Å². The van der Waals surface area contributed by atoms with Gasteiger partial charge >= 0.3 is 0 Å². The molecule has 0 aliphatic rings. The van der Waals surface area contributed by atoms with Gasteiger partial charge in [0.05, 0.1) is 18.4 Å². The molecule has 0 saturated carbocycles. The zero-order valence-corrected chi connectivity index (χ0v) is 9.76. The van der Waals surface area contributed by atoms with E-state index in [1.54, 1.807) is 6.07 Å². The van der Waals surface area contributed by atoms with Crippen molar-refractivity contribution in [1.82, 2.24) is 9.97 Å². The van der Waals surface area contributed by atoms with Crippen LogP contribution in [0, 0.1) is 17.1 Å². The molecule has 2 aromatic rings. The molecule has 0 aliphatic carbocycles. The van der Waals surface area contributed by atoms with Crippen molar-refractivity contribution in [1.29, 1.82) is 5.26 Å². The highest BCUT2D eigenvalue weighted by Gasteiger charge is 2.07. The Kier molecular flexibility index (Phi) is 3.49. The highest BCUT2D eigenvalue weighted by Crippen LogP contribution is 2.17. The SMILES string of the molecule is CC(Nc1cnc(C#N)cn1)c1cccc(F)c1. The van der Waals surface area contributed by atoms with Crippen LogP contribution in [0.15, 0.2) is 36.7 Å². The molecule has 4 nitrogen and oxygen atoms in total. The highest BCUT2D eigenvalue weighted by atomic mass is 19.1. The van der Waals surface area contributed by atoms with Crippen LogP contribution in [-0.2, 0) is 0 Å². The van der Waals surface area contributed by atoms with Crippen LogP contribution in [0.1, 0.15) is 24.2 Å². The van der Waals surface area contributed by atoms with Crippen molar-refractivity contribution in [2.24, 2.45) is 0 Å². The van der Waals surface area contributed by atoms with Gasteiger partial charge in [-0.15, -0.1) is 0 Å². The molecule has 0 saturated heterocycles. The fourth-order valence-corrected chi connectivity index (χ4v) is 1.54. The van der Waals surface area contributed by atoms with Crippen LogP contribution in [0.5, 0.6) is 0 Å². The molecule has 0 aliphatic heterocycles. The van der Waals surface area contributed by atoms with Crippen molar-refractivity contribution in [2.75, 3.05) is 5.32 Å². The molecule has 2 rings (SSSR count). The summed E-state index contributed by atoms with van der Waals surface area (Å²) < 4.78 is 13.1. The number of hydrogen-bond donors (Lipinski definition) is 1. The molecule has 1 atom stereocenters. The molecule has 90 valence electrons. The Morgan fingerprint density at radius 1 is 1.33 bits per heavy atom. The van der Waals surface area contributed by atoms with Crippen LogP contribution < -0.4 is 5.32 Å². The summed E-state index contributed by atoms with van der Waals surface area (Å²) in [7, 11) is 0. The lowest BCUT2D eigenvalue weighted by atomic mass is 10.1. The molecule has 1 heterocycles. The number of halogens is 1. The summed E-state index contributed by atoms with van der Waals surface area (Å²) in [4.78, 5) is 7.95. The number of hydrogen-bond acceptors (Lipinski definition) is 4. The predicted molar refractivity (Wildman–Crippen MR) is 65.2 cm³/mol. The van der Waals surface area contributed by atoms with Crippen LogP contribution in [-0.4, -0.2) is 9.97 Å². The standard InChI is InChI=1S/C13H11FN4/c1-9(10-3-2-4-11(14)5-10)18-13-8-16-12(6-15)7-17-13/h2-5,7-9H,1H3,(H,17,18). The second kappa shape index (κ2) is 5.23. The summed E-state index contributed by atoms with van der Waals surface area (Å²) in [5.74, 6) is 0.276. The molecule has 0 bridgehead atoms. The lowest BCUT2D eigenvalue weighted by Gasteiger charge is -2.14. The first-order valence-electron chi connectivity index (χ1n) is 5.43. The fourth-order valence-electron chi connectivity index (χ4n) is 1.54. The maximum absolute atomic E-state index is 13.1. The van der Waals surface area contributed by atoms with Crippen LogP contribution >= 0.6 is 0 Å². The number of nitriles is 1. The topological polar surface area (TPSA) is 61.6 Å². The Balaban J connectivity index is 2.11. The third-order valence-corrected chi connectivity index (χ3v) is 2.48.